The molecule has 152 valence electrons. The number of Topliss-reactive ketones (excluding diaryl/α,β-unsaturated/α-hetero) is 1. The molecule has 0 fully saturated rings. The van der Waals surface area contributed by atoms with Crippen molar-refractivity contribution in [3.63, 3.8) is 0 Å². The molecular formula is C24H21NO5. The van der Waals surface area contributed by atoms with Gasteiger partial charge in [0.1, 0.15) is 12.4 Å². The minimum atomic E-state index is -1.43. The number of para-hydroxylation sites is 1. The van der Waals surface area contributed by atoms with E-state index < -0.39 is 11.8 Å². The lowest BCUT2D eigenvalue weighted by Gasteiger charge is -2.38. The zero-order chi connectivity index (χ0) is 21.1. The number of carboxylic acid groups (broad SMARTS) is 1. The second-order valence-electron chi connectivity index (χ2n) is 7.29. The number of benzene rings is 2. The third-order valence-electron chi connectivity index (χ3n) is 5.36. The van der Waals surface area contributed by atoms with E-state index >= 15 is 0 Å². The van der Waals surface area contributed by atoms with Crippen molar-refractivity contribution in [3.8, 4) is 5.75 Å². The van der Waals surface area contributed by atoms with Crippen LogP contribution in [-0.4, -0.2) is 35.8 Å². The summed E-state index contributed by atoms with van der Waals surface area (Å²) in [5.41, 5.74) is 3.86. The number of nitrogens with zero attached hydrogens (tertiary/aromatic N) is 1. The maximum Gasteiger partial charge on any atom is 0.372 e. The van der Waals surface area contributed by atoms with Crippen LogP contribution in [0, 0.1) is 5.92 Å². The smallest absolute Gasteiger partial charge is 0.372 e. The molecule has 4 rings (SSSR count). The van der Waals surface area contributed by atoms with Crippen LogP contribution < -0.4 is 9.64 Å². The largest absolute Gasteiger partial charge is 0.492 e. The summed E-state index contributed by atoms with van der Waals surface area (Å²) in [6.07, 6.45) is 5.99. The zero-order valence-electron chi connectivity index (χ0n) is 16.3. The molecule has 0 aromatic heterocycles. The van der Waals surface area contributed by atoms with E-state index in [2.05, 4.69) is 17.0 Å². The predicted molar refractivity (Wildman–Crippen MR) is 111 cm³/mol. The molecule has 6 nitrogen and oxygen atoms in total. The SMILES string of the molecule is O=C(O)C(=O)Cc1ccc(OCCN2C3=CC=CC(=O)C3Cc3ccccc32)cc1. The summed E-state index contributed by atoms with van der Waals surface area (Å²) in [7, 11) is 0. The molecule has 1 aliphatic heterocycles. The number of aliphatic carboxylic acids is 1. The lowest BCUT2D eigenvalue weighted by molar-refractivity contribution is -0.148. The molecule has 30 heavy (non-hydrogen) atoms. The van der Waals surface area contributed by atoms with Crippen molar-refractivity contribution < 1.29 is 24.2 Å². The van der Waals surface area contributed by atoms with Gasteiger partial charge in [-0.1, -0.05) is 36.4 Å². The Kier molecular flexibility index (Phi) is 5.48. The van der Waals surface area contributed by atoms with Crippen LogP contribution in [0.3, 0.4) is 0 Å². The quantitative estimate of drug-likeness (QED) is 0.716. The topological polar surface area (TPSA) is 83.9 Å². The van der Waals surface area contributed by atoms with Gasteiger partial charge < -0.3 is 14.7 Å². The highest BCUT2D eigenvalue weighted by Gasteiger charge is 2.33. The Morgan fingerprint density at radius 1 is 1.10 bits per heavy atom. The van der Waals surface area contributed by atoms with Gasteiger partial charge in [-0.2, -0.15) is 0 Å². The first-order chi connectivity index (χ1) is 14.5. The van der Waals surface area contributed by atoms with Crippen LogP contribution in [0.1, 0.15) is 11.1 Å². The number of ether oxygens (including phenoxy) is 1. The van der Waals surface area contributed by atoms with E-state index in [4.69, 9.17) is 9.84 Å². The highest BCUT2D eigenvalue weighted by molar-refractivity contribution is 6.33. The number of ketones is 2. The monoisotopic (exact) mass is 403 g/mol. The number of anilines is 1. The van der Waals surface area contributed by atoms with Crippen molar-refractivity contribution in [2.45, 2.75) is 12.8 Å². The maximum absolute atomic E-state index is 12.4. The molecule has 2 aromatic carbocycles. The number of rotatable bonds is 7. The van der Waals surface area contributed by atoms with Crippen LogP contribution >= 0.6 is 0 Å². The molecule has 2 aliphatic rings. The van der Waals surface area contributed by atoms with Gasteiger partial charge in [-0.3, -0.25) is 9.59 Å². The van der Waals surface area contributed by atoms with Gasteiger partial charge in [0.05, 0.1) is 12.5 Å². The highest BCUT2D eigenvalue weighted by atomic mass is 16.5. The third-order valence-corrected chi connectivity index (χ3v) is 5.36. The van der Waals surface area contributed by atoms with Gasteiger partial charge in [0, 0.05) is 17.8 Å². The normalized spacial score (nSPS) is 17.1. The van der Waals surface area contributed by atoms with E-state index in [0.717, 1.165) is 16.9 Å². The summed E-state index contributed by atoms with van der Waals surface area (Å²) >= 11 is 0. The highest BCUT2D eigenvalue weighted by Crippen LogP contribution is 2.37. The summed E-state index contributed by atoms with van der Waals surface area (Å²) in [4.78, 5) is 36.5. The molecule has 1 heterocycles. The summed E-state index contributed by atoms with van der Waals surface area (Å²) < 4.78 is 5.86. The number of hydrogen-bond acceptors (Lipinski definition) is 5. The van der Waals surface area contributed by atoms with Gasteiger partial charge >= 0.3 is 5.97 Å². The fourth-order valence-electron chi connectivity index (χ4n) is 3.88. The van der Waals surface area contributed by atoms with Gasteiger partial charge in [0.25, 0.3) is 0 Å². The first kappa shape index (κ1) is 19.6. The Labute approximate surface area is 174 Å². The molecule has 1 atom stereocenters. The van der Waals surface area contributed by atoms with E-state index in [-0.39, 0.29) is 18.1 Å². The minimum absolute atomic E-state index is 0.124. The van der Waals surface area contributed by atoms with Gasteiger partial charge in [-0.05, 0) is 47.9 Å². The van der Waals surface area contributed by atoms with Crippen LogP contribution in [0.5, 0.6) is 5.75 Å². The molecule has 0 saturated heterocycles. The van der Waals surface area contributed by atoms with Crippen molar-refractivity contribution in [1.82, 2.24) is 0 Å². The number of carboxylic acids is 1. The lowest BCUT2D eigenvalue weighted by Crippen LogP contribution is -2.39. The van der Waals surface area contributed by atoms with Crippen LogP contribution in [0.2, 0.25) is 0 Å². The second kappa shape index (κ2) is 8.37. The van der Waals surface area contributed by atoms with Gasteiger partial charge in [0.2, 0.25) is 5.78 Å². The number of allylic oxidation sites excluding steroid dienone is 4. The summed E-state index contributed by atoms with van der Waals surface area (Å²) in [5, 5.41) is 8.70. The first-order valence-electron chi connectivity index (χ1n) is 9.78. The fraction of sp³-hybridized carbons (Fsp3) is 0.208. The molecule has 2 aromatic rings. The molecule has 0 saturated carbocycles. The van der Waals surface area contributed by atoms with Crippen molar-refractivity contribution in [3.05, 3.63) is 83.6 Å². The van der Waals surface area contributed by atoms with Crippen LogP contribution in [0.25, 0.3) is 0 Å². The van der Waals surface area contributed by atoms with Crippen LogP contribution in [-0.2, 0) is 27.2 Å². The summed E-state index contributed by atoms with van der Waals surface area (Å²) in [6.45, 7) is 0.990. The van der Waals surface area contributed by atoms with Gasteiger partial charge in [-0.15, -0.1) is 0 Å². The number of carbonyl (C=O) groups is 3. The van der Waals surface area contributed by atoms with E-state index in [0.29, 0.717) is 30.9 Å². The molecular weight excluding hydrogens is 382 g/mol. The van der Waals surface area contributed by atoms with Crippen LogP contribution in [0.15, 0.2) is 72.5 Å². The summed E-state index contributed by atoms with van der Waals surface area (Å²) in [6, 6.07) is 14.9. The van der Waals surface area contributed by atoms with E-state index in [9.17, 15) is 14.4 Å². The Morgan fingerprint density at radius 3 is 2.63 bits per heavy atom. The molecule has 1 aliphatic carbocycles. The Balaban J connectivity index is 1.43. The Morgan fingerprint density at radius 2 is 1.87 bits per heavy atom. The Bertz CT molecular complexity index is 1050. The summed E-state index contributed by atoms with van der Waals surface area (Å²) in [5.74, 6) is -1.67. The van der Waals surface area contributed by atoms with E-state index in [1.807, 2.05) is 18.2 Å². The van der Waals surface area contributed by atoms with Crippen molar-refractivity contribution in [2.75, 3.05) is 18.1 Å². The van der Waals surface area contributed by atoms with E-state index in [1.54, 1.807) is 36.4 Å². The third kappa shape index (κ3) is 4.03. The Hall–Kier alpha value is -3.67. The average molecular weight is 403 g/mol. The van der Waals surface area contributed by atoms with Gasteiger partial charge in [0.15, 0.2) is 5.78 Å². The molecule has 0 amide bonds. The minimum Gasteiger partial charge on any atom is -0.492 e. The first-order valence-corrected chi connectivity index (χ1v) is 9.78. The standard InChI is InChI=1S/C24H21NO5/c26-22-7-3-6-21-19(22)15-17-4-1-2-5-20(17)25(21)12-13-30-18-10-8-16(9-11-18)14-23(27)24(28)29/h1-11,19H,12-15H2,(H,28,29). The van der Waals surface area contributed by atoms with Crippen LogP contribution in [0.4, 0.5) is 5.69 Å². The zero-order valence-corrected chi connectivity index (χ0v) is 16.3. The predicted octanol–water partition coefficient (Wildman–Crippen LogP) is 2.96. The molecule has 6 heteroatoms. The molecule has 1 N–H and O–H groups in total. The molecule has 0 spiro atoms. The van der Waals surface area contributed by atoms with Gasteiger partial charge in [-0.25, -0.2) is 4.79 Å². The average Bonchev–Trinajstić information content (AvgIpc) is 2.75. The molecule has 0 radical (unpaired) electrons. The maximum atomic E-state index is 12.4. The van der Waals surface area contributed by atoms with Crippen molar-refractivity contribution in [2.24, 2.45) is 5.92 Å². The van der Waals surface area contributed by atoms with Crippen molar-refractivity contribution in [1.29, 1.82) is 0 Å². The molecule has 0 bridgehead atoms. The second-order valence-corrected chi connectivity index (χ2v) is 7.29. The number of hydrogen-bond donors (Lipinski definition) is 1. The fourth-order valence-corrected chi connectivity index (χ4v) is 3.88. The van der Waals surface area contributed by atoms with E-state index in [1.165, 1.54) is 0 Å². The molecule has 1 unspecified atom stereocenters. The lowest BCUT2D eigenvalue weighted by atomic mass is 9.84. The van der Waals surface area contributed by atoms with Crippen molar-refractivity contribution >= 4 is 23.2 Å². The number of carbonyl (C=O) groups excluding carboxylic acids is 2. The number of fused-ring (bicyclic) bond motifs is 2.